The Kier molecular flexibility index (Phi) is 11.6. The first-order valence-electron chi connectivity index (χ1n) is 19.3. The topological polar surface area (TPSA) is 136 Å². The van der Waals surface area contributed by atoms with Crippen LogP contribution in [0.4, 0.5) is 0 Å². The first-order chi connectivity index (χ1) is 26.6. The highest BCUT2D eigenvalue weighted by Gasteiger charge is 2.33. The number of rotatable bonds is 12. The third kappa shape index (κ3) is 8.28. The summed E-state index contributed by atoms with van der Waals surface area (Å²) in [6.07, 6.45) is 10.4. The number of ether oxygens (including phenoxy) is 2. The molecule has 1 amide bonds. The van der Waals surface area contributed by atoms with Crippen molar-refractivity contribution in [1.82, 2.24) is 28.8 Å². The molecule has 6 heterocycles. The molecular weight excluding hydrogens is 700 g/mol. The fourth-order valence-corrected chi connectivity index (χ4v) is 8.47. The minimum Gasteiger partial charge on any atom is -0.496 e. The van der Waals surface area contributed by atoms with E-state index >= 15 is 0 Å². The number of carbonyl (C=O) groups excluding carboxylic acids is 3. The number of hydrogen-bond acceptors (Lipinski definition) is 10. The maximum Gasteiger partial charge on any atom is 0.259 e. The number of pyridine rings is 3. The van der Waals surface area contributed by atoms with Crippen molar-refractivity contribution < 1.29 is 23.9 Å². The minimum atomic E-state index is -0.218. The van der Waals surface area contributed by atoms with E-state index in [1.165, 1.54) is 0 Å². The molecule has 0 saturated carbocycles. The number of methoxy groups -OCH3 is 2. The van der Waals surface area contributed by atoms with Crippen LogP contribution in [0.25, 0.3) is 21.9 Å². The summed E-state index contributed by atoms with van der Waals surface area (Å²) < 4.78 is 15.1. The van der Waals surface area contributed by atoms with E-state index < -0.39 is 0 Å². The van der Waals surface area contributed by atoms with Gasteiger partial charge in [-0.3, -0.25) is 33.9 Å². The van der Waals surface area contributed by atoms with E-state index in [4.69, 9.17) is 9.47 Å². The number of fused-ring (bicyclic) bond motifs is 1. The number of carbonyl (C=O) groups is 3. The molecule has 3 saturated heterocycles. The second kappa shape index (κ2) is 16.7. The zero-order valence-corrected chi connectivity index (χ0v) is 32.0. The third-order valence-electron chi connectivity index (χ3n) is 11.7. The lowest BCUT2D eigenvalue weighted by Crippen LogP contribution is -2.43. The number of Topliss-reactive ketones (excluding diaryl/α,β-unsaturated/α-hetero) is 2. The predicted octanol–water partition coefficient (Wildman–Crippen LogP) is 3.66. The van der Waals surface area contributed by atoms with E-state index in [0.29, 0.717) is 60.8 Å². The molecule has 1 aromatic carbocycles. The van der Waals surface area contributed by atoms with Crippen molar-refractivity contribution in [3.8, 4) is 22.6 Å². The Morgan fingerprint density at radius 2 is 1.49 bits per heavy atom. The lowest BCUT2D eigenvalue weighted by molar-refractivity contribution is -0.140. The van der Waals surface area contributed by atoms with E-state index in [1.807, 2.05) is 30.5 Å². The average Bonchev–Trinajstić information content (AvgIpc) is 3.20. The van der Waals surface area contributed by atoms with Gasteiger partial charge in [-0.2, -0.15) is 0 Å². The fourth-order valence-electron chi connectivity index (χ4n) is 8.47. The molecule has 0 atom stereocenters. The van der Waals surface area contributed by atoms with Crippen LogP contribution in [0.1, 0.15) is 49.7 Å². The Hall–Kier alpha value is -5.14. The second-order valence-electron chi connectivity index (χ2n) is 15.1. The number of benzene rings is 1. The van der Waals surface area contributed by atoms with Gasteiger partial charge >= 0.3 is 0 Å². The molecule has 4 aromatic rings. The van der Waals surface area contributed by atoms with Crippen LogP contribution >= 0.6 is 0 Å². The smallest absolute Gasteiger partial charge is 0.259 e. The monoisotopic (exact) mass is 750 g/mol. The molecule has 13 nitrogen and oxygen atoms in total. The number of ketones is 2. The van der Waals surface area contributed by atoms with Crippen molar-refractivity contribution in [1.29, 1.82) is 0 Å². The molecule has 0 unspecified atom stereocenters. The summed E-state index contributed by atoms with van der Waals surface area (Å²) in [4.78, 5) is 74.0. The van der Waals surface area contributed by atoms with Gasteiger partial charge in [0.25, 0.3) is 11.1 Å². The van der Waals surface area contributed by atoms with Gasteiger partial charge in [0, 0.05) is 87.4 Å². The highest BCUT2D eigenvalue weighted by molar-refractivity contribution is 6.00. The Labute approximate surface area is 320 Å². The molecule has 0 bridgehead atoms. The predicted molar refractivity (Wildman–Crippen MR) is 208 cm³/mol. The first-order valence-corrected chi connectivity index (χ1v) is 19.3. The van der Waals surface area contributed by atoms with Gasteiger partial charge in [-0.1, -0.05) is 6.07 Å². The lowest BCUT2D eigenvalue weighted by atomic mass is 9.81. The summed E-state index contributed by atoms with van der Waals surface area (Å²) >= 11 is 0. The van der Waals surface area contributed by atoms with Crippen LogP contribution in [0, 0.1) is 11.8 Å². The summed E-state index contributed by atoms with van der Waals surface area (Å²) in [5.74, 6) is 1.65. The Morgan fingerprint density at radius 1 is 0.818 bits per heavy atom. The van der Waals surface area contributed by atoms with Crippen LogP contribution in [0.5, 0.6) is 11.5 Å². The first kappa shape index (κ1) is 38.1. The van der Waals surface area contributed by atoms with Crippen LogP contribution < -0.4 is 20.6 Å². The number of likely N-dealkylation sites (tertiary alicyclic amines) is 3. The number of hydrogen-bond donors (Lipinski definition) is 0. The normalized spacial score (nSPS) is 17.9. The maximum atomic E-state index is 13.7. The van der Waals surface area contributed by atoms with Gasteiger partial charge in [-0.15, -0.1) is 0 Å². The van der Waals surface area contributed by atoms with Crippen LogP contribution in [-0.4, -0.2) is 99.8 Å². The number of aryl methyl sites for hydroxylation is 1. The largest absolute Gasteiger partial charge is 0.496 e. The number of amides is 1. The number of aromatic nitrogens is 3. The molecule has 0 spiro atoms. The molecule has 0 radical (unpaired) electrons. The SMILES string of the molecule is COc1cc(-c2cn(C)c(=O)c3cnccc23)cc(OC)c1CN1CCC(C(=O)C2CCN(CCn3cccc(CN4CCC(=O)CC4=O)c3=O)CC2)CC1. The molecule has 13 heteroatoms. The Bertz CT molecular complexity index is 2170. The summed E-state index contributed by atoms with van der Waals surface area (Å²) in [7, 11) is 5.05. The van der Waals surface area contributed by atoms with Gasteiger partial charge in [0.1, 0.15) is 23.1 Å². The quantitative estimate of drug-likeness (QED) is 0.198. The zero-order valence-electron chi connectivity index (χ0n) is 32.0. The molecule has 3 fully saturated rings. The number of nitrogens with zero attached hydrogens (tertiary/aromatic N) is 6. The van der Waals surface area contributed by atoms with Crippen LogP contribution in [0.3, 0.4) is 0 Å². The van der Waals surface area contributed by atoms with Gasteiger partial charge in [0.2, 0.25) is 5.91 Å². The summed E-state index contributed by atoms with van der Waals surface area (Å²) in [5.41, 5.74) is 3.06. The molecule has 290 valence electrons. The van der Waals surface area contributed by atoms with Crippen LogP contribution in [0.2, 0.25) is 0 Å². The molecule has 0 aliphatic carbocycles. The standard InChI is InChI=1S/C42H50N6O7/c1-44-26-35(33-6-12-43-24-34(33)42(44)53)31-21-37(54-2)36(38(22-31)55-3)27-46-16-9-29(10-17-46)40(51)28-7-14-45(15-8-28)19-20-47-13-4-5-30(41(47)52)25-48-18-11-32(49)23-39(48)50/h4-6,12-13,21-22,24,26,28-29H,7-11,14-20,23,25,27H2,1-3H3. The summed E-state index contributed by atoms with van der Waals surface area (Å²) in [6.45, 7) is 5.72. The molecule has 3 aliphatic rings. The molecule has 55 heavy (non-hydrogen) atoms. The maximum absolute atomic E-state index is 13.7. The van der Waals surface area contributed by atoms with Crippen molar-refractivity contribution in [3.05, 3.63) is 87.0 Å². The highest BCUT2D eigenvalue weighted by atomic mass is 16.5. The molecule has 0 N–H and O–H groups in total. The third-order valence-corrected chi connectivity index (χ3v) is 11.7. The van der Waals surface area contributed by atoms with Crippen molar-refractivity contribution >= 4 is 28.2 Å². The van der Waals surface area contributed by atoms with Crippen LogP contribution in [-0.2, 0) is 41.1 Å². The minimum absolute atomic E-state index is 0.0478. The fraction of sp³-hybridized carbons (Fsp3) is 0.476. The Balaban J connectivity index is 0.911. The molecule has 3 aliphatic heterocycles. The van der Waals surface area contributed by atoms with E-state index in [1.54, 1.807) is 60.0 Å². The molecular formula is C42H50N6O7. The van der Waals surface area contributed by atoms with Crippen molar-refractivity contribution in [2.45, 2.75) is 58.2 Å². The van der Waals surface area contributed by atoms with Crippen molar-refractivity contribution in [2.75, 3.05) is 53.5 Å². The van der Waals surface area contributed by atoms with Crippen LogP contribution in [0.15, 0.2) is 64.7 Å². The van der Waals surface area contributed by atoms with Gasteiger partial charge in [0.15, 0.2) is 0 Å². The van der Waals surface area contributed by atoms with E-state index in [0.717, 1.165) is 73.9 Å². The van der Waals surface area contributed by atoms with Gasteiger partial charge < -0.3 is 28.4 Å². The number of piperidine rings is 3. The summed E-state index contributed by atoms with van der Waals surface area (Å²) in [6, 6.07) is 9.45. The van der Waals surface area contributed by atoms with Crippen molar-refractivity contribution in [2.24, 2.45) is 18.9 Å². The van der Waals surface area contributed by atoms with Gasteiger partial charge in [-0.25, -0.2) is 0 Å². The lowest BCUT2D eigenvalue weighted by Gasteiger charge is -2.36. The highest BCUT2D eigenvalue weighted by Crippen LogP contribution is 2.38. The second-order valence-corrected chi connectivity index (χ2v) is 15.1. The molecule has 3 aromatic heterocycles. The molecule has 7 rings (SSSR count). The van der Waals surface area contributed by atoms with Gasteiger partial charge in [-0.05, 0) is 87.1 Å². The van der Waals surface area contributed by atoms with Crippen molar-refractivity contribution in [3.63, 3.8) is 0 Å². The Morgan fingerprint density at radius 3 is 2.15 bits per heavy atom. The van der Waals surface area contributed by atoms with Gasteiger partial charge in [0.05, 0.1) is 38.1 Å². The average molecular weight is 751 g/mol. The summed E-state index contributed by atoms with van der Waals surface area (Å²) in [5, 5.41) is 1.37. The van der Waals surface area contributed by atoms with E-state index in [-0.39, 0.29) is 47.6 Å². The van der Waals surface area contributed by atoms with E-state index in [2.05, 4.69) is 14.8 Å². The zero-order chi connectivity index (χ0) is 38.6. The van der Waals surface area contributed by atoms with E-state index in [9.17, 15) is 24.0 Å².